The van der Waals surface area contributed by atoms with Crippen molar-refractivity contribution in [3.63, 3.8) is 0 Å². The van der Waals surface area contributed by atoms with E-state index in [-0.39, 0.29) is 50.7 Å². The molecule has 1 aliphatic rings. The SMILES string of the molecule is Cc1cc2c([cH-]1)CCCC2.Cl.Cl.[Hf]. The van der Waals surface area contributed by atoms with E-state index in [9.17, 15) is 0 Å². The van der Waals surface area contributed by atoms with Crippen LogP contribution in [0.5, 0.6) is 0 Å². The Morgan fingerprint density at radius 1 is 1.15 bits per heavy atom. The Hall–Kier alpha value is 0.800. The molecule has 0 aromatic heterocycles. The minimum absolute atomic E-state index is 0. The Morgan fingerprint density at radius 2 is 1.77 bits per heavy atom. The van der Waals surface area contributed by atoms with Crippen molar-refractivity contribution >= 4 is 24.8 Å². The summed E-state index contributed by atoms with van der Waals surface area (Å²) < 4.78 is 0. The summed E-state index contributed by atoms with van der Waals surface area (Å²) in [6.45, 7) is 2.19. The summed E-state index contributed by atoms with van der Waals surface area (Å²) >= 11 is 0. The van der Waals surface area contributed by atoms with Gasteiger partial charge in [0.25, 0.3) is 0 Å². The molecular formula is C10H15Cl2Hf-. The van der Waals surface area contributed by atoms with Crippen molar-refractivity contribution in [3.8, 4) is 0 Å². The van der Waals surface area contributed by atoms with E-state index in [1.54, 1.807) is 11.1 Å². The second kappa shape index (κ2) is 7.14. The predicted molar refractivity (Wildman–Crippen MR) is 57.9 cm³/mol. The van der Waals surface area contributed by atoms with Crippen LogP contribution in [-0.2, 0) is 38.7 Å². The van der Waals surface area contributed by atoms with Gasteiger partial charge < -0.3 is 0 Å². The fourth-order valence-electron chi connectivity index (χ4n) is 1.87. The van der Waals surface area contributed by atoms with E-state index in [0.29, 0.717) is 0 Å². The molecule has 0 amide bonds. The molecule has 0 atom stereocenters. The van der Waals surface area contributed by atoms with Crippen LogP contribution >= 0.6 is 24.8 Å². The van der Waals surface area contributed by atoms with Gasteiger partial charge in [-0.15, -0.1) is 24.8 Å². The summed E-state index contributed by atoms with van der Waals surface area (Å²) in [6, 6.07) is 4.68. The van der Waals surface area contributed by atoms with Crippen molar-refractivity contribution in [3.05, 3.63) is 28.8 Å². The standard InChI is InChI=1S/C10H13.2ClH.Hf/c1-8-6-9-4-2-3-5-10(9)7-8;;;/h6-7H,2-5H2,1H3;2*1H;/q-1;;;. The van der Waals surface area contributed by atoms with Crippen LogP contribution in [0.3, 0.4) is 0 Å². The summed E-state index contributed by atoms with van der Waals surface area (Å²) in [5.74, 6) is 0. The van der Waals surface area contributed by atoms with Gasteiger partial charge >= 0.3 is 0 Å². The largest absolute Gasteiger partial charge is 0.207 e. The summed E-state index contributed by atoms with van der Waals surface area (Å²) in [5, 5.41) is 0. The normalized spacial score (nSPS) is 13.0. The number of halogens is 2. The average molecular weight is 385 g/mol. The molecule has 0 spiro atoms. The molecule has 0 N–H and O–H groups in total. The fraction of sp³-hybridized carbons (Fsp3) is 0.500. The van der Waals surface area contributed by atoms with E-state index in [1.165, 1.54) is 31.2 Å². The van der Waals surface area contributed by atoms with Crippen LogP contribution in [0.2, 0.25) is 0 Å². The molecule has 0 heterocycles. The smallest absolute Gasteiger partial charge is 0 e. The minimum Gasteiger partial charge on any atom is -0.207 e. The van der Waals surface area contributed by atoms with Crippen LogP contribution in [0.1, 0.15) is 29.5 Å². The van der Waals surface area contributed by atoms with Crippen molar-refractivity contribution < 1.29 is 25.8 Å². The van der Waals surface area contributed by atoms with Crippen molar-refractivity contribution in [2.45, 2.75) is 32.6 Å². The van der Waals surface area contributed by atoms with E-state index in [1.807, 2.05) is 0 Å². The first kappa shape index (κ1) is 16.2. The Balaban J connectivity index is 0. The second-order valence-electron chi connectivity index (χ2n) is 3.29. The van der Waals surface area contributed by atoms with Gasteiger partial charge in [0.2, 0.25) is 0 Å². The summed E-state index contributed by atoms with van der Waals surface area (Å²) in [6.07, 6.45) is 5.44. The molecular weight excluding hydrogens is 370 g/mol. The molecule has 0 saturated heterocycles. The first-order valence-corrected chi connectivity index (χ1v) is 4.11. The van der Waals surface area contributed by atoms with Gasteiger partial charge in [0, 0.05) is 25.8 Å². The Morgan fingerprint density at radius 3 is 2.38 bits per heavy atom. The number of hydrogen-bond acceptors (Lipinski definition) is 0. The monoisotopic (exact) mass is 385 g/mol. The van der Waals surface area contributed by atoms with Gasteiger partial charge in [-0.05, 0) is 0 Å². The average Bonchev–Trinajstić information content (AvgIpc) is 2.27. The van der Waals surface area contributed by atoms with Gasteiger partial charge in [0.1, 0.15) is 0 Å². The topological polar surface area (TPSA) is 0 Å². The maximum Gasteiger partial charge on any atom is 0 e. The van der Waals surface area contributed by atoms with E-state index < -0.39 is 0 Å². The van der Waals surface area contributed by atoms with E-state index in [0.717, 1.165) is 0 Å². The third-order valence-corrected chi connectivity index (χ3v) is 2.36. The van der Waals surface area contributed by atoms with Crippen LogP contribution in [0.25, 0.3) is 0 Å². The molecule has 1 aromatic rings. The maximum atomic E-state index is 2.34. The Labute approximate surface area is 111 Å². The third-order valence-electron chi connectivity index (χ3n) is 2.36. The quantitative estimate of drug-likeness (QED) is 0.475. The Bertz CT molecular complexity index is 220. The maximum absolute atomic E-state index is 2.34. The van der Waals surface area contributed by atoms with Crippen LogP contribution in [-0.4, -0.2) is 0 Å². The molecule has 0 nitrogen and oxygen atoms in total. The van der Waals surface area contributed by atoms with Gasteiger partial charge in [-0.3, -0.25) is 0 Å². The summed E-state index contributed by atoms with van der Waals surface area (Å²) in [5.41, 5.74) is 4.68. The van der Waals surface area contributed by atoms with Gasteiger partial charge in [-0.25, -0.2) is 6.07 Å². The van der Waals surface area contributed by atoms with Crippen molar-refractivity contribution in [1.82, 2.24) is 0 Å². The van der Waals surface area contributed by atoms with Crippen LogP contribution in [0, 0.1) is 6.92 Å². The zero-order valence-electron chi connectivity index (χ0n) is 7.80. The molecule has 0 aliphatic heterocycles. The van der Waals surface area contributed by atoms with E-state index in [4.69, 9.17) is 0 Å². The third kappa shape index (κ3) is 3.81. The van der Waals surface area contributed by atoms with Crippen LogP contribution in [0.15, 0.2) is 12.1 Å². The fourth-order valence-corrected chi connectivity index (χ4v) is 1.87. The van der Waals surface area contributed by atoms with Gasteiger partial charge in [-0.1, -0.05) is 32.6 Å². The van der Waals surface area contributed by atoms with E-state index in [2.05, 4.69) is 19.1 Å². The summed E-state index contributed by atoms with van der Waals surface area (Å²) in [7, 11) is 0. The zero-order valence-corrected chi connectivity index (χ0v) is 13.0. The molecule has 2 rings (SSSR count). The number of hydrogen-bond donors (Lipinski definition) is 0. The minimum atomic E-state index is 0. The van der Waals surface area contributed by atoms with E-state index >= 15 is 0 Å². The molecule has 0 bridgehead atoms. The molecule has 1 aliphatic carbocycles. The summed E-state index contributed by atoms with van der Waals surface area (Å²) in [4.78, 5) is 0. The molecule has 0 unspecified atom stereocenters. The number of rotatable bonds is 0. The van der Waals surface area contributed by atoms with Gasteiger partial charge in [0.05, 0.1) is 0 Å². The van der Waals surface area contributed by atoms with Crippen LogP contribution in [0.4, 0.5) is 0 Å². The molecule has 13 heavy (non-hydrogen) atoms. The zero-order chi connectivity index (χ0) is 6.97. The van der Waals surface area contributed by atoms with Gasteiger partial charge in [-0.2, -0.15) is 22.8 Å². The van der Waals surface area contributed by atoms with Crippen molar-refractivity contribution in [2.24, 2.45) is 0 Å². The first-order chi connectivity index (χ1) is 4.86. The second-order valence-corrected chi connectivity index (χ2v) is 3.29. The first-order valence-electron chi connectivity index (χ1n) is 4.11. The van der Waals surface area contributed by atoms with Crippen molar-refractivity contribution in [1.29, 1.82) is 0 Å². The molecule has 0 radical (unpaired) electrons. The molecule has 0 saturated carbocycles. The Kier molecular flexibility index (Phi) is 8.92. The number of fused-ring (bicyclic) bond motifs is 1. The van der Waals surface area contributed by atoms with Crippen molar-refractivity contribution in [2.75, 3.05) is 0 Å². The molecule has 74 valence electrons. The molecule has 0 fully saturated rings. The number of aryl methyl sites for hydroxylation is 3. The van der Waals surface area contributed by atoms with Gasteiger partial charge in [0.15, 0.2) is 0 Å². The van der Waals surface area contributed by atoms with Crippen LogP contribution < -0.4 is 0 Å². The molecule has 3 heteroatoms. The predicted octanol–water partition coefficient (Wildman–Crippen LogP) is 3.43. The molecule has 1 aromatic carbocycles.